The van der Waals surface area contributed by atoms with Crippen molar-refractivity contribution in [1.82, 2.24) is 0 Å². The molecule has 0 saturated carbocycles. The van der Waals surface area contributed by atoms with Crippen molar-refractivity contribution in [2.45, 2.75) is 25.9 Å². The number of hydrogen-bond acceptors (Lipinski definition) is 2. The molecule has 1 aromatic carbocycles. The Hall–Kier alpha value is -1.59. The van der Waals surface area contributed by atoms with E-state index in [9.17, 15) is 22.4 Å². The van der Waals surface area contributed by atoms with Crippen molar-refractivity contribution in [1.29, 1.82) is 0 Å². The minimum atomic E-state index is -4.29. The van der Waals surface area contributed by atoms with Crippen LogP contribution in [0.2, 0.25) is 0 Å². The third-order valence-corrected chi connectivity index (χ3v) is 3.57. The minimum Gasteiger partial charge on any atom is -0.368 e. The average Bonchev–Trinajstić information content (AvgIpc) is 2.37. The molecule has 0 N–H and O–H groups in total. The Morgan fingerprint density at radius 3 is 2.65 bits per heavy atom. The van der Waals surface area contributed by atoms with Gasteiger partial charge in [0.1, 0.15) is 5.82 Å². The average molecular weight is 289 g/mol. The first-order valence-corrected chi connectivity index (χ1v) is 6.42. The summed E-state index contributed by atoms with van der Waals surface area (Å²) in [6, 6.07) is 4.00. The second-order valence-corrected chi connectivity index (χ2v) is 5.02. The smallest absolute Gasteiger partial charge is 0.368 e. The number of carbonyl (C=O) groups excluding carboxylic acids is 1. The number of nitrogens with zero attached hydrogens (tertiary/aromatic N) is 1. The monoisotopic (exact) mass is 289 g/mol. The molecule has 6 heteroatoms. The molecule has 0 spiro atoms. The fourth-order valence-electron chi connectivity index (χ4n) is 2.57. The van der Waals surface area contributed by atoms with E-state index in [2.05, 4.69) is 0 Å². The van der Waals surface area contributed by atoms with Gasteiger partial charge in [-0.05, 0) is 31.9 Å². The quantitative estimate of drug-likeness (QED) is 0.609. The van der Waals surface area contributed by atoms with E-state index < -0.39 is 17.9 Å². The minimum absolute atomic E-state index is 0.00560. The highest BCUT2D eigenvalue weighted by Crippen LogP contribution is 2.36. The second kappa shape index (κ2) is 5.42. The lowest BCUT2D eigenvalue weighted by atomic mass is 9.96. The molecule has 2 rings (SSSR count). The fraction of sp³-hybridized carbons (Fsp3) is 0.500. The molecule has 0 bridgehead atoms. The summed E-state index contributed by atoms with van der Waals surface area (Å²) in [4.78, 5) is 12.9. The molecule has 1 heterocycles. The van der Waals surface area contributed by atoms with Crippen molar-refractivity contribution in [3.8, 4) is 0 Å². The molecule has 0 aromatic heterocycles. The maximum Gasteiger partial charge on any atom is 0.393 e. The fourth-order valence-corrected chi connectivity index (χ4v) is 2.57. The lowest BCUT2D eigenvalue weighted by Gasteiger charge is -2.36. The van der Waals surface area contributed by atoms with Crippen LogP contribution >= 0.6 is 0 Å². The van der Waals surface area contributed by atoms with Crippen LogP contribution in [0.4, 0.5) is 23.2 Å². The summed E-state index contributed by atoms with van der Waals surface area (Å²) in [7, 11) is 0. The lowest BCUT2D eigenvalue weighted by Crippen LogP contribution is -2.42. The highest BCUT2D eigenvalue weighted by atomic mass is 19.4. The summed E-state index contributed by atoms with van der Waals surface area (Å²) < 4.78 is 52.4. The Balaban J connectivity index is 2.34. The van der Waals surface area contributed by atoms with Gasteiger partial charge in [-0.2, -0.15) is 13.2 Å². The van der Waals surface area contributed by atoms with E-state index in [-0.39, 0.29) is 30.0 Å². The van der Waals surface area contributed by atoms with Crippen LogP contribution in [0.3, 0.4) is 0 Å². The molecule has 1 fully saturated rings. The van der Waals surface area contributed by atoms with Crippen LogP contribution < -0.4 is 4.90 Å². The van der Waals surface area contributed by atoms with Gasteiger partial charge in [-0.3, -0.25) is 4.79 Å². The van der Waals surface area contributed by atoms with Crippen molar-refractivity contribution in [3.63, 3.8) is 0 Å². The second-order valence-electron chi connectivity index (χ2n) is 5.02. The van der Waals surface area contributed by atoms with Crippen molar-refractivity contribution < 1.29 is 22.4 Å². The maximum absolute atomic E-state index is 13.9. The van der Waals surface area contributed by atoms with Gasteiger partial charge < -0.3 is 4.90 Å². The molecule has 0 amide bonds. The molecule has 1 aliphatic rings. The van der Waals surface area contributed by atoms with Gasteiger partial charge in [0.05, 0.1) is 11.6 Å². The number of piperidine rings is 1. The van der Waals surface area contributed by atoms with E-state index in [1.54, 1.807) is 0 Å². The number of rotatable bonds is 2. The number of benzene rings is 1. The zero-order valence-corrected chi connectivity index (χ0v) is 11.0. The molecule has 0 radical (unpaired) electrons. The van der Waals surface area contributed by atoms with Crippen LogP contribution in [0.25, 0.3) is 0 Å². The molecular weight excluding hydrogens is 274 g/mol. The SMILES string of the molecule is CC(=O)c1cccc(F)c1N1CCCC(C(F)(F)F)C1. The van der Waals surface area contributed by atoms with Gasteiger partial charge in [-0.1, -0.05) is 6.07 Å². The Kier molecular flexibility index (Phi) is 4.01. The molecule has 1 aliphatic heterocycles. The third-order valence-electron chi connectivity index (χ3n) is 3.57. The Morgan fingerprint density at radius 1 is 1.35 bits per heavy atom. The number of alkyl halides is 3. The summed E-state index contributed by atoms with van der Waals surface area (Å²) in [6.45, 7) is 1.31. The molecule has 1 atom stereocenters. The number of para-hydroxylation sites is 1. The predicted octanol–water partition coefficient (Wildman–Crippen LogP) is 3.81. The van der Waals surface area contributed by atoms with E-state index in [1.807, 2.05) is 0 Å². The van der Waals surface area contributed by atoms with Crippen molar-refractivity contribution in [3.05, 3.63) is 29.6 Å². The van der Waals surface area contributed by atoms with E-state index in [0.717, 1.165) is 0 Å². The van der Waals surface area contributed by atoms with Crippen LogP contribution in [0.1, 0.15) is 30.1 Å². The maximum atomic E-state index is 13.9. The number of ketones is 1. The van der Waals surface area contributed by atoms with Gasteiger partial charge in [0.15, 0.2) is 5.78 Å². The van der Waals surface area contributed by atoms with Crippen molar-refractivity contribution in [2.24, 2.45) is 5.92 Å². The largest absolute Gasteiger partial charge is 0.393 e. The van der Waals surface area contributed by atoms with Crippen LogP contribution in [0.5, 0.6) is 0 Å². The highest BCUT2D eigenvalue weighted by Gasteiger charge is 2.42. The van der Waals surface area contributed by atoms with E-state index >= 15 is 0 Å². The molecule has 1 saturated heterocycles. The first-order chi connectivity index (χ1) is 9.30. The number of Topliss-reactive ketones (excluding diaryl/α,β-unsaturated/α-hetero) is 1. The van der Waals surface area contributed by atoms with Gasteiger partial charge >= 0.3 is 6.18 Å². The zero-order valence-electron chi connectivity index (χ0n) is 11.0. The first-order valence-electron chi connectivity index (χ1n) is 6.42. The van der Waals surface area contributed by atoms with Gasteiger partial charge in [0, 0.05) is 18.7 Å². The van der Waals surface area contributed by atoms with Crippen LogP contribution in [0, 0.1) is 11.7 Å². The first kappa shape index (κ1) is 14.8. The normalized spacial score (nSPS) is 20.1. The van der Waals surface area contributed by atoms with Gasteiger partial charge in [-0.25, -0.2) is 4.39 Å². The Morgan fingerprint density at radius 2 is 2.05 bits per heavy atom. The van der Waals surface area contributed by atoms with Gasteiger partial charge in [-0.15, -0.1) is 0 Å². The summed E-state index contributed by atoms with van der Waals surface area (Å²) in [5.41, 5.74) is 0.127. The Labute approximate surface area is 114 Å². The molecule has 2 nitrogen and oxygen atoms in total. The number of halogens is 4. The molecule has 1 unspecified atom stereocenters. The van der Waals surface area contributed by atoms with E-state index in [1.165, 1.54) is 30.0 Å². The number of hydrogen-bond donors (Lipinski definition) is 0. The molecule has 110 valence electrons. The van der Waals surface area contributed by atoms with Crippen LogP contribution in [-0.4, -0.2) is 25.0 Å². The summed E-state index contributed by atoms with van der Waals surface area (Å²) in [5, 5.41) is 0. The van der Waals surface area contributed by atoms with Gasteiger partial charge in [0.2, 0.25) is 0 Å². The Bertz CT molecular complexity index is 512. The highest BCUT2D eigenvalue weighted by molar-refractivity contribution is 5.99. The summed E-state index contributed by atoms with van der Waals surface area (Å²) >= 11 is 0. The third kappa shape index (κ3) is 2.94. The zero-order chi connectivity index (χ0) is 14.9. The standard InChI is InChI=1S/C14H15F4NO/c1-9(20)11-5-2-6-12(15)13(11)19-7-3-4-10(8-19)14(16,17)18/h2,5-6,10H,3-4,7-8H2,1H3. The van der Waals surface area contributed by atoms with Crippen LogP contribution in [0.15, 0.2) is 18.2 Å². The number of carbonyl (C=O) groups is 1. The van der Waals surface area contributed by atoms with E-state index in [0.29, 0.717) is 13.0 Å². The summed E-state index contributed by atoms with van der Waals surface area (Å²) in [6.07, 6.45) is -3.92. The molecule has 0 aliphatic carbocycles. The van der Waals surface area contributed by atoms with Crippen molar-refractivity contribution >= 4 is 11.5 Å². The topological polar surface area (TPSA) is 20.3 Å². The van der Waals surface area contributed by atoms with Crippen molar-refractivity contribution in [2.75, 3.05) is 18.0 Å². The molecular formula is C14H15F4NO. The molecule has 20 heavy (non-hydrogen) atoms. The number of anilines is 1. The molecule has 1 aromatic rings. The van der Waals surface area contributed by atoms with E-state index in [4.69, 9.17) is 0 Å². The predicted molar refractivity (Wildman–Crippen MR) is 67.4 cm³/mol. The summed E-state index contributed by atoms with van der Waals surface area (Å²) in [5.74, 6) is -2.48. The lowest BCUT2D eigenvalue weighted by molar-refractivity contribution is -0.176. The van der Waals surface area contributed by atoms with Crippen LogP contribution in [-0.2, 0) is 0 Å². The van der Waals surface area contributed by atoms with Gasteiger partial charge in [0.25, 0.3) is 0 Å².